The smallest absolute Gasteiger partial charge is 0.306 e. The summed E-state index contributed by atoms with van der Waals surface area (Å²) in [5, 5.41) is 0. The van der Waals surface area contributed by atoms with E-state index in [1.165, 1.54) is 0 Å². The SMILES string of the molecule is CCC[n+]1ccc(COC(=O)CCc2c3[nH]c(c2C)Cc2[nH]c(c(C)c2CCC(=O)OCc2cc[n+](CCN)cc2)Cc2[nH]c(c(CCC(=O)OCc4cc[n+](CCN)cc4)c2C)Cc2[nH]c(c(C)c2CCC(=O)OCc2cc[n+](CCN)cc2)C3)cc1. The van der Waals surface area contributed by atoms with Crippen molar-refractivity contribution >= 4 is 23.9 Å². The Hall–Kier alpha value is -8.52. The minimum absolute atomic E-state index is 0.153. The molecule has 8 bridgehead atoms. The van der Waals surface area contributed by atoms with E-state index < -0.39 is 0 Å². The normalized spacial score (nSPS) is 12.1. The van der Waals surface area contributed by atoms with Gasteiger partial charge in [0.15, 0.2) is 69.2 Å². The molecule has 8 aromatic rings. The number of nitrogens with one attached hydrogen (secondary N) is 4. The van der Waals surface area contributed by atoms with Crippen molar-refractivity contribution in [3.05, 3.63) is 210 Å². The number of fused-ring (bicyclic) bond motifs is 8. The van der Waals surface area contributed by atoms with Crippen LogP contribution in [-0.2, 0) is 142 Å². The van der Waals surface area contributed by atoms with E-state index in [0.29, 0.717) is 90.6 Å². The van der Waals surface area contributed by atoms with Gasteiger partial charge in [-0.1, -0.05) is 6.92 Å². The lowest BCUT2D eigenvalue weighted by molar-refractivity contribution is -0.697. The summed E-state index contributed by atoms with van der Waals surface area (Å²) in [6.07, 6.45) is 21.1. The predicted octanol–water partition coefficient (Wildman–Crippen LogP) is 6.05. The molecule has 19 heteroatoms. The van der Waals surface area contributed by atoms with Gasteiger partial charge in [-0.05, 0) is 97.9 Å². The lowest BCUT2D eigenvalue weighted by Crippen LogP contribution is -2.36. The standard InChI is InChI=1S/C69H89N11O8/c1-6-26-77-27-15-50(16-28-77)42-85-67(82)12-8-55-48(4)60-39-62-54(7-11-66(81)86-43-51-17-29-78(30-18-51)35-23-70)46(2)58(73-62)38-59-47(3)56(9-13-68(83)87-44-52-19-31-79(32-20-52)36-24-71)64(74-59)41-65-57(49(5)61(76-65)40-63(55)75-60)10-14-69(84)88-45-53-21-33-80(34-22-53)37-25-72/h15-22,27-34,73-76H,6-14,23-26,35-45,70-72H2,1-5H3/q+4. The maximum absolute atomic E-state index is 13.7. The highest BCUT2D eigenvalue weighted by Crippen LogP contribution is 2.34. The van der Waals surface area contributed by atoms with Crippen molar-refractivity contribution in [2.45, 2.75) is 171 Å². The minimum Gasteiger partial charge on any atom is -0.461 e. The number of hydrogen-bond acceptors (Lipinski definition) is 11. The number of carbonyl (C=O) groups excluding carboxylic acids is 4. The quantitative estimate of drug-likeness (QED) is 0.0169. The molecule has 19 nitrogen and oxygen atoms in total. The van der Waals surface area contributed by atoms with E-state index >= 15 is 0 Å². The molecule has 9 rings (SSSR count). The van der Waals surface area contributed by atoms with E-state index in [0.717, 1.165) is 125 Å². The zero-order valence-corrected chi connectivity index (χ0v) is 52.0. The van der Waals surface area contributed by atoms with Gasteiger partial charge in [0.25, 0.3) is 0 Å². The first-order chi connectivity index (χ1) is 42.7. The molecule has 0 unspecified atom stereocenters. The number of rotatable bonds is 28. The lowest BCUT2D eigenvalue weighted by Gasteiger charge is -2.09. The summed E-state index contributed by atoms with van der Waals surface area (Å²) in [7, 11) is 0. The first-order valence-electron chi connectivity index (χ1n) is 31.1. The van der Waals surface area contributed by atoms with Crippen LogP contribution in [0.2, 0.25) is 0 Å². The van der Waals surface area contributed by atoms with Gasteiger partial charge in [-0.25, -0.2) is 18.3 Å². The number of nitrogens with two attached hydrogens (primary N) is 3. The van der Waals surface area contributed by atoms with E-state index in [2.05, 4.69) is 59.1 Å². The molecule has 0 saturated carbocycles. The highest BCUT2D eigenvalue weighted by atomic mass is 16.5. The van der Waals surface area contributed by atoms with Crippen molar-refractivity contribution in [1.82, 2.24) is 19.9 Å². The Bertz CT molecular complexity index is 3650. The second kappa shape index (κ2) is 30.9. The topological polar surface area (TPSA) is 262 Å². The van der Waals surface area contributed by atoms with Crippen molar-refractivity contribution in [3.8, 4) is 0 Å². The van der Waals surface area contributed by atoms with Crippen LogP contribution >= 0.6 is 0 Å². The van der Waals surface area contributed by atoms with Crippen LogP contribution < -0.4 is 35.5 Å². The van der Waals surface area contributed by atoms with Crippen LogP contribution in [0.1, 0.15) is 151 Å². The zero-order valence-electron chi connectivity index (χ0n) is 52.0. The molecule has 1 aliphatic heterocycles. The molecule has 10 N–H and O–H groups in total. The Balaban J connectivity index is 1.03. The van der Waals surface area contributed by atoms with E-state index in [4.69, 9.17) is 36.1 Å². The molecule has 0 fully saturated rings. The van der Waals surface area contributed by atoms with Crippen LogP contribution in [0, 0.1) is 27.7 Å². The summed E-state index contributed by atoms with van der Waals surface area (Å²) >= 11 is 0. The van der Waals surface area contributed by atoms with Crippen molar-refractivity contribution in [2.75, 3.05) is 19.6 Å². The van der Waals surface area contributed by atoms with Crippen molar-refractivity contribution in [1.29, 1.82) is 0 Å². The van der Waals surface area contributed by atoms with Gasteiger partial charge in [0.2, 0.25) is 0 Å². The number of aromatic nitrogens is 8. The molecule has 0 saturated heterocycles. The number of carbonyl (C=O) groups is 4. The number of esters is 4. The first-order valence-corrected chi connectivity index (χ1v) is 31.1. The van der Waals surface area contributed by atoms with Crippen LogP contribution in [0.25, 0.3) is 0 Å². The highest BCUT2D eigenvalue weighted by molar-refractivity contribution is 5.72. The number of nitrogens with zero attached hydrogens (tertiary/aromatic N) is 4. The average molecular weight is 1200 g/mol. The molecular weight excluding hydrogens is 1110 g/mol. The molecule has 9 heterocycles. The molecule has 0 aromatic carbocycles. The fraction of sp³-hybridized carbons (Fsp3) is 0.420. The molecule has 0 atom stereocenters. The average Bonchev–Trinajstić information content (AvgIpc) is 2.62. The Morgan fingerprint density at radius 1 is 0.364 bits per heavy atom. The summed E-state index contributed by atoms with van der Waals surface area (Å²) in [6.45, 7) is 15.8. The van der Waals surface area contributed by atoms with E-state index in [1.54, 1.807) is 0 Å². The molecule has 464 valence electrons. The van der Waals surface area contributed by atoms with Gasteiger partial charge in [0.05, 0.1) is 19.6 Å². The van der Waals surface area contributed by atoms with Crippen LogP contribution in [0.5, 0.6) is 0 Å². The second-order valence-corrected chi connectivity index (χ2v) is 23.2. The highest BCUT2D eigenvalue weighted by Gasteiger charge is 2.27. The number of pyridine rings is 4. The second-order valence-electron chi connectivity index (χ2n) is 23.2. The Morgan fingerprint density at radius 2 is 0.580 bits per heavy atom. The van der Waals surface area contributed by atoms with Crippen LogP contribution in [0.15, 0.2) is 98.1 Å². The summed E-state index contributed by atoms with van der Waals surface area (Å²) in [5.74, 6) is -1.19. The molecule has 1 aliphatic rings. The molecular formula is C69H89N11O8+4. The van der Waals surface area contributed by atoms with Crippen molar-refractivity contribution in [2.24, 2.45) is 17.2 Å². The number of hydrogen-bond donors (Lipinski definition) is 7. The number of H-pyrrole nitrogens is 4. The maximum Gasteiger partial charge on any atom is 0.306 e. The number of aromatic amines is 4. The minimum atomic E-state index is -0.306. The lowest BCUT2D eigenvalue weighted by atomic mass is 9.96. The Labute approximate surface area is 516 Å². The third kappa shape index (κ3) is 17.0. The van der Waals surface area contributed by atoms with Crippen molar-refractivity contribution < 1.29 is 56.4 Å². The molecule has 88 heavy (non-hydrogen) atoms. The van der Waals surface area contributed by atoms with Gasteiger partial charge >= 0.3 is 23.9 Å². The first kappa shape index (κ1) is 64.0. The summed E-state index contributed by atoms with van der Waals surface area (Å²) in [6, 6.07) is 15.6. The van der Waals surface area contributed by atoms with E-state index in [-0.39, 0.29) is 76.0 Å². The third-order valence-corrected chi connectivity index (χ3v) is 17.1. The fourth-order valence-corrected chi connectivity index (χ4v) is 11.9. The largest absolute Gasteiger partial charge is 0.461 e. The van der Waals surface area contributed by atoms with Gasteiger partial charge in [-0.3, -0.25) is 19.2 Å². The Morgan fingerprint density at radius 3 is 0.807 bits per heavy atom. The van der Waals surface area contributed by atoms with Gasteiger partial charge in [-0.15, -0.1) is 0 Å². The van der Waals surface area contributed by atoms with Gasteiger partial charge < -0.3 is 56.1 Å². The predicted molar refractivity (Wildman–Crippen MR) is 330 cm³/mol. The number of aryl methyl sites for hydroxylation is 1. The van der Waals surface area contributed by atoms with E-state index in [1.807, 2.05) is 112 Å². The number of ether oxygens (including phenoxy) is 4. The maximum atomic E-state index is 13.7. The van der Waals surface area contributed by atoms with Crippen LogP contribution in [-0.4, -0.2) is 63.4 Å². The Kier molecular flexibility index (Phi) is 22.5. The monoisotopic (exact) mass is 1200 g/mol. The van der Waals surface area contributed by atoms with Gasteiger partial charge in [-0.2, -0.15) is 0 Å². The molecule has 8 aromatic heterocycles. The van der Waals surface area contributed by atoms with Crippen molar-refractivity contribution in [3.63, 3.8) is 0 Å². The summed E-state index contributed by atoms with van der Waals surface area (Å²) < 4.78 is 31.6. The summed E-state index contributed by atoms with van der Waals surface area (Å²) in [4.78, 5) is 70.0. The third-order valence-electron chi connectivity index (χ3n) is 17.1. The van der Waals surface area contributed by atoms with Crippen LogP contribution in [0.3, 0.4) is 0 Å². The zero-order chi connectivity index (χ0) is 62.1. The molecule has 0 aliphatic carbocycles. The summed E-state index contributed by atoms with van der Waals surface area (Å²) in [5.41, 5.74) is 37.0. The van der Waals surface area contributed by atoms with Gasteiger partial charge in [0, 0.05) is 174 Å². The molecule has 0 radical (unpaired) electrons. The fourth-order valence-electron chi connectivity index (χ4n) is 11.9. The molecule has 0 amide bonds. The van der Waals surface area contributed by atoms with Gasteiger partial charge in [0.1, 0.15) is 33.0 Å². The van der Waals surface area contributed by atoms with Crippen LogP contribution in [0.4, 0.5) is 0 Å². The molecule has 0 spiro atoms. The van der Waals surface area contributed by atoms with E-state index in [9.17, 15) is 19.2 Å².